The van der Waals surface area contributed by atoms with Gasteiger partial charge in [-0.15, -0.1) is 0 Å². The third-order valence-electron chi connectivity index (χ3n) is 4.56. The molecule has 7 nitrogen and oxygen atoms in total. The fraction of sp³-hybridized carbons (Fsp3) is 0.400. The zero-order valence-electron chi connectivity index (χ0n) is 16.3. The monoisotopic (exact) mass is 367 g/mol. The summed E-state index contributed by atoms with van der Waals surface area (Å²) in [4.78, 5) is 21.7. The summed E-state index contributed by atoms with van der Waals surface area (Å²) >= 11 is 0. The van der Waals surface area contributed by atoms with Crippen LogP contribution in [-0.4, -0.2) is 30.8 Å². The van der Waals surface area contributed by atoms with E-state index < -0.39 is 6.10 Å². The number of carbonyl (C=O) groups is 1. The summed E-state index contributed by atoms with van der Waals surface area (Å²) in [7, 11) is 0. The fourth-order valence-corrected chi connectivity index (χ4v) is 3.10. The molecule has 0 spiro atoms. The van der Waals surface area contributed by atoms with Crippen molar-refractivity contribution in [2.45, 2.75) is 53.3 Å². The summed E-state index contributed by atoms with van der Waals surface area (Å²) in [5.74, 6) is -0.196. The highest BCUT2D eigenvalue weighted by atomic mass is 16.3. The maximum absolute atomic E-state index is 12.6. The predicted octanol–water partition coefficient (Wildman–Crippen LogP) is 3.01. The van der Waals surface area contributed by atoms with Crippen LogP contribution in [0.1, 0.15) is 65.9 Å². The molecule has 0 bridgehead atoms. The van der Waals surface area contributed by atoms with Crippen LogP contribution in [0.2, 0.25) is 0 Å². The van der Waals surface area contributed by atoms with Crippen molar-refractivity contribution in [1.29, 1.82) is 0 Å². The molecule has 0 aliphatic carbocycles. The number of nitrogens with one attached hydrogen (secondary N) is 1. The van der Waals surface area contributed by atoms with Crippen LogP contribution in [0, 0.1) is 13.8 Å². The number of pyridine rings is 2. The second-order valence-corrected chi connectivity index (χ2v) is 7.05. The van der Waals surface area contributed by atoms with Crippen molar-refractivity contribution < 1.29 is 9.90 Å². The summed E-state index contributed by atoms with van der Waals surface area (Å²) in [5, 5.41) is 17.8. The molecule has 3 aromatic rings. The predicted molar refractivity (Wildman–Crippen MR) is 103 cm³/mol. The van der Waals surface area contributed by atoms with E-state index in [0.717, 1.165) is 28.0 Å². The number of aliphatic hydroxyl groups excluding tert-OH is 1. The highest BCUT2D eigenvalue weighted by molar-refractivity contribution is 5.98. The van der Waals surface area contributed by atoms with Crippen LogP contribution in [-0.2, 0) is 6.54 Å². The Bertz CT molecular complexity index is 991. The average molecular weight is 367 g/mol. The third-order valence-corrected chi connectivity index (χ3v) is 4.56. The van der Waals surface area contributed by atoms with Crippen LogP contribution in [0.4, 0.5) is 0 Å². The van der Waals surface area contributed by atoms with E-state index in [1.54, 1.807) is 13.1 Å². The van der Waals surface area contributed by atoms with Gasteiger partial charge in [0.05, 0.1) is 35.8 Å². The van der Waals surface area contributed by atoms with Gasteiger partial charge in [-0.3, -0.25) is 9.78 Å². The molecule has 0 aliphatic heterocycles. The number of amides is 1. The van der Waals surface area contributed by atoms with Gasteiger partial charge in [0.15, 0.2) is 5.65 Å². The van der Waals surface area contributed by atoms with Gasteiger partial charge in [0.1, 0.15) is 0 Å². The van der Waals surface area contributed by atoms with Crippen LogP contribution in [0.25, 0.3) is 11.0 Å². The first-order valence-corrected chi connectivity index (χ1v) is 9.05. The van der Waals surface area contributed by atoms with Gasteiger partial charge in [-0.2, -0.15) is 5.10 Å². The quantitative estimate of drug-likeness (QED) is 0.723. The Morgan fingerprint density at radius 2 is 1.93 bits per heavy atom. The molecule has 0 aromatic carbocycles. The Labute approximate surface area is 158 Å². The molecule has 3 aromatic heterocycles. The lowest BCUT2D eigenvalue weighted by Gasteiger charge is -2.12. The Morgan fingerprint density at radius 1 is 1.19 bits per heavy atom. The van der Waals surface area contributed by atoms with Gasteiger partial charge in [0, 0.05) is 22.7 Å². The van der Waals surface area contributed by atoms with Crippen molar-refractivity contribution in [3.8, 4) is 0 Å². The van der Waals surface area contributed by atoms with Crippen molar-refractivity contribution in [1.82, 2.24) is 25.1 Å². The van der Waals surface area contributed by atoms with Crippen LogP contribution in [0.15, 0.2) is 24.4 Å². The van der Waals surface area contributed by atoms with Gasteiger partial charge in [0.25, 0.3) is 5.91 Å². The molecule has 1 atom stereocenters. The summed E-state index contributed by atoms with van der Waals surface area (Å²) in [6.07, 6.45) is 1.17. The van der Waals surface area contributed by atoms with Gasteiger partial charge in [-0.05, 0) is 46.8 Å². The molecule has 3 rings (SSSR count). The number of hydrogen-bond acceptors (Lipinski definition) is 5. The smallest absolute Gasteiger partial charge is 0.253 e. The van der Waals surface area contributed by atoms with Crippen molar-refractivity contribution in [3.63, 3.8) is 0 Å². The maximum atomic E-state index is 12.6. The first-order chi connectivity index (χ1) is 12.8. The first kappa shape index (κ1) is 19.0. The second-order valence-electron chi connectivity index (χ2n) is 7.05. The molecule has 0 saturated heterocycles. The lowest BCUT2D eigenvalue weighted by molar-refractivity contribution is 0.0949. The summed E-state index contributed by atoms with van der Waals surface area (Å²) in [6.45, 7) is 9.78. The van der Waals surface area contributed by atoms with Crippen LogP contribution >= 0.6 is 0 Å². The zero-order chi connectivity index (χ0) is 19.7. The topological polar surface area (TPSA) is 92.9 Å². The molecule has 2 N–H and O–H groups in total. The van der Waals surface area contributed by atoms with Crippen molar-refractivity contribution >= 4 is 16.9 Å². The molecule has 0 radical (unpaired) electrons. The molecule has 1 unspecified atom stereocenters. The number of carbonyl (C=O) groups excluding carboxylic acids is 1. The fourth-order valence-electron chi connectivity index (χ4n) is 3.10. The molecule has 0 saturated carbocycles. The van der Waals surface area contributed by atoms with Crippen LogP contribution < -0.4 is 5.32 Å². The van der Waals surface area contributed by atoms with Gasteiger partial charge in [-0.25, -0.2) is 9.67 Å². The standard InChI is InChI=1S/C20H25N5O2/c1-11(2)25-19-15(9-22-25)8-18(13(4)24-19)20(27)21-10-16-6-7-17(14(5)26)12(3)23-16/h6-9,11,14,26H,10H2,1-5H3,(H,21,27). The number of fused-ring (bicyclic) bond motifs is 1. The normalized spacial score (nSPS) is 12.6. The molecule has 0 fully saturated rings. The highest BCUT2D eigenvalue weighted by Gasteiger charge is 2.15. The van der Waals surface area contributed by atoms with E-state index in [4.69, 9.17) is 0 Å². The SMILES string of the molecule is Cc1nc2c(cnn2C(C)C)cc1C(=O)NCc1ccc(C(C)O)c(C)n1. The minimum Gasteiger partial charge on any atom is -0.389 e. The minimum absolute atomic E-state index is 0.196. The van der Waals surface area contributed by atoms with Crippen molar-refractivity contribution in [2.24, 2.45) is 0 Å². The molecule has 3 heterocycles. The largest absolute Gasteiger partial charge is 0.389 e. The van der Waals surface area contributed by atoms with Gasteiger partial charge >= 0.3 is 0 Å². The van der Waals surface area contributed by atoms with Crippen molar-refractivity contribution in [3.05, 3.63) is 52.6 Å². The van der Waals surface area contributed by atoms with E-state index in [-0.39, 0.29) is 11.9 Å². The summed E-state index contributed by atoms with van der Waals surface area (Å²) in [5.41, 5.74) is 4.27. The number of aromatic nitrogens is 4. The first-order valence-electron chi connectivity index (χ1n) is 9.05. The number of aliphatic hydroxyl groups is 1. The lowest BCUT2D eigenvalue weighted by atomic mass is 10.1. The van der Waals surface area contributed by atoms with E-state index >= 15 is 0 Å². The Hall–Kier alpha value is -2.80. The Balaban J connectivity index is 1.78. The van der Waals surface area contributed by atoms with E-state index in [1.807, 2.05) is 50.6 Å². The minimum atomic E-state index is -0.562. The number of aryl methyl sites for hydroxylation is 2. The average Bonchev–Trinajstić information content (AvgIpc) is 3.01. The van der Waals surface area contributed by atoms with Gasteiger partial charge in [-0.1, -0.05) is 6.07 Å². The number of nitrogens with zero attached hydrogens (tertiary/aromatic N) is 4. The molecule has 0 aliphatic rings. The molecular weight excluding hydrogens is 342 g/mol. The number of rotatable bonds is 5. The van der Waals surface area contributed by atoms with E-state index in [1.165, 1.54) is 0 Å². The lowest BCUT2D eigenvalue weighted by Crippen LogP contribution is -2.24. The molecular formula is C20H25N5O2. The van der Waals surface area contributed by atoms with Gasteiger partial charge < -0.3 is 10.4 Å². The molecule has 27 heavy (non-hydrogen) atoms. The maximum Gasteiger partial charge on any atom is 0.253 e. The van der Waals surface area contributed by atoms with E-state index in [2.05, 4.69) is 20.4 Å². The Kier molecular flexibility index (Phi) is 5.23. The van der Waals surface area contributed by atoms with Crippen molar-refractivity contribution in [2.75, 3.05) is 0 Å². The molecule has 1 amide bonds. The third kappa shape index (κ3) is 3.83. The van der Waals surface area contributed by atoms with E-state index in [9.17, 15) is 9.90 Å². The second kappa shape index (κ2) is 7.44. The zero-order valence-corrected chi connectivity index (χ0v) is 16.3. The van der Waals surface area contributed by atoms with Crippen LogP contribution in [0.5, 0.6) is 0 Å². The summed E-state index contributed by atoms with van der Waals surface area (Å²) < 4.78 is 1.85. The number of hydrogen-bond donors (Lipinski definition) is 2. The summed E-state index contributed by atoms with van der Waals surface area (Å²) in [6, 6.07) is 5.69. The van der Waals surface area contributed by atoms with Crippen LogP contribution in [0.3, 0.4) is 0 Å². The Morgan fingerprint density at radius 3 is 2.56 bits per heavy atom. The van der Waals surface area contributed by atoms with E-state index in [0.29, 0.717) is 17.8 Å². The molecule has 142 valence electrons. The molecule has 7 heteroatoms. The van der Waals surface area contributed by atoms with Gasteiger partial charge in [0.2, 0.25) is 0 Å². The highest BCUT2D eigenvalue weighted by Crippen LogP contribution is 2.19.